The van der Waals surface area contributed by atoms with Gasteiger partial charge in [-0.2, -0.15) is 0 Å². The Morgan fingerprint density at radius 1 is 1.07 bits per heavy atom. The number of hydrogen-bond acceptors (Lipinski definition) is 5. The SMILES string of the molecule is NCC(=O)O.O=C(O)CC(O)C(=O)O.[Zn]. The van der Waals surface area contributed by atoms with E-state index in [9.17, 15) is 14.4 Å². The number of rotatable bonds is 4. The van der Waals surface area contributed by atoms with Crippen LogP contribution >= 0.6 is 0 Å². The first kappa shape index (κ1) is 19.5. The molecule has 84 valence electrons. The molecule has 0 aromatic rings. The molecule has 0 aromatic heterocycles. The van der Waals surface area contributed by atoms with Crippen molar-refractivity contribution in [2.45, 2.75) is 12.5 Å². The molecule has 0 heterocycles. The molecule has 0 fully saturated rings. The number of aliphatic hydroxyl groups excluding tert-OH is 1. The molecule has 9 heteroatoms. The van der Waals surface area contributed by atoms with Gasteiger partial charge in [-0.1, -0.05) is 0 Å². The number of nitrogens with two attached hydrogens (primary N) is 1. The van der Waals surface area contributed by atoms with Crippen molar-refractivity contribution in [1.82, 2.24) is 0 Å². The minimum absolute atomic E-state index is 0. The summed E-state index contributed by atoms with van der Waals surface area (Å²) in [5.74, 6) is -3.81. The van der Waals surface area contributed by atoms with Crippen LogP contribution in [-0.2, 0) is 33.9 Å². The zero-order valence-corrected chi connectivity index (χ0v) is 10.8. The van der Waals surface area contributed by atoms with E-state index >= 15 is 0 Å². The van der Waals surface area contributed by atoms with E-state index < -0.39 is 30.4 Å². The van der Waals surface area contributed by atoms with E-state index in [0.29, 0.717) is 0 Å². The zero-order chi connectivity index (χ0) is 11.7. The third kappa shape index (κ3) is 19.4. The summed E-state index contributed by atoms with van der Waals surface area (Å²) < 4.78 is 0. The van der Waals surface area contributed by atoms with Gasteiger partial charge in [-0.15, -0.1) is 0 Å². The van der Waals surface area contributed by atoms with E-state index in [4.69, 9.17) is 20.4 Å². The average Bonchev–Trinajstić information content (AvgIpc) is 2.04. The van der Waals surface area contributed by atoms with Gasteiger partial charge < -0.3 is 26.2 Å². The molecule has 0 aromatic carbocycles. The largest absolute Gasteiger partial charge is 0.481 e. The van der Waals surface area contributed by atoms with Crippen LogP contribution in [-0.4, -0.2) is 51.0 Å². The van der Waals surface area contributed by atoms with E-state index in [1.807, 2.05) is 0 Å². The maximum absolute atomic E-state index is 9.72. The topological polar surface area (TPSA) is 158 Å². The van der Waals surface area contributed by atoms with Gasteiger partial charge in [0.05, 0.1) is 13.0 Å². The van der Waals surface area contributed by atoms with Gasteiger partial charge in [0.2, 0.25) is 0 Å². The summed E-state index contributed by atoms with van der Waals surface area (Å²) in [4.78, 5) is 28.7. The monoisotopic (exact) mass is 273 g/mol. The number of carbonyl (C=O) groups is 3. The van der Waals surface area contributed by atoms with E-state index in [0.717, 1.165) is 0 Å². The smallest absolute Gasteiger partial charge is 0.333 e. The van der Waals surface area contributed by atoms with Crippen LogP contribution in [0.1, 0.15) is 6.42 Å². The quantitative estimate of drug-likeness (QED) is 0.366. The first-order chi connectivity index (χ1) is 6.31. The second-order valence-electron chi connectivity index (χ2n) is 2.05. The van der Waals surface area contributed by atoms with Crippen LogP contribution in [0, 0.1) is 0 Å². The molecule has 1 unspecified atom stereocenters. The summed E-state index contributed by atoms with van der Waals surface area (Å²) in [5.41, 5.74) is 4.57. The van der Waals surface area contributed by atoms with Crippen molar-refractivity contribution < 1.29 is 54.3 Å². The van der Waals surface area contributed by atoms with Gasteiger partial charge in [0.25, 0.3) is 0 Å². The molecule has 0 spiro atoms. The summed E-state index contributed by atoms with van der Waals surface area (Å²) >= 11 is 0. The number of hydrogen-bond donors (Lipinski definition) is 5. The van der Waals surface area contributed by atoms with Crippen LogP contribution in [0.2, 0.25) is 0 Å². The third-order valence-electron chi connectivity index (χ3n) is 0.828. The summed E-state index contributed by atoms with van der Waals surface area (Å²) in [6.45, 7) is -0.278. The summed E-state index contributed by atoms with van der Waals surface area (Å²) in [6, 6.07) is 0. The van der Waals surface area contributed by atoms with E-state index in [1.54, 1.807) is 0 Å². The Hall–Kier alpha value is -1.05. The molecular formula is C6H11NO7Zn. The number of aliphatic hydroxyl groups is 1. The van der Waals surface area contributed by atoms with Crippen molar-refractivity contribution in [3.63, 3.8) is 0 Å². The minimum Gasteiger partial charge on any atom is -0.481 e. The molecule has 0 saturated heterocycles. The Bertz CT molecular complexity index is 220. The average molecular weight is 275 g/mol. The van der Waals surface area contributed by atoms with Crippen LogP contribution in [0.3, 0.4) is 0 Å². The first-order valence-electron chi connectivity index (χ1n) is 3.35. The molecule has 15 heavy (non-hydrogen) atoms. The van der Waals surface area contributed by atoms with Gasteiger partial charge in [0.1, 0.15) is 0 Å². The molecule has 0 aliphatic heterocycles. The van der Waals surface area contributed by atoms with Crippen LogP contribution in [0.4, 0.5) is 0 Å². The molecule has 0 radical (unpaired) electrons. The van der Waals surface area contributed by atoms with Gasteiger partial charge in [-0.3, -0.25) is 9.59 Å². The van der Waals surface area contributed by atoms with Crippen molar-refractivity contribution >= 4 is 17.9 Å². The van der Waals surface area contributed by atoms with Gasteiger partial charge in [0.15, 0.2) is 6.10 Å². The number of carboxylic acid groups (broad SMARTS) is 3. The predicted octanol–water partition coefficient (Wildman–Crippen LogP) is -2.07. The van der Waals surface area contributed by atoms with Crippen molar-refractivity contribution in [3.05, 3.63) is 0 Å². The number of carboxylic acids is 3. The molecule has 0 amide bonds. The Balaban J connectivity index is -0.000000208. The van der Waals surface area contributed by atoms with Crippen LogP contribution in [0.5, 0.6) is 0 Å². The fourth-order valence-corrected chi connectivity index (χ4v) is 0.253. The van der Waals surface area contributed by atoms with E-state index in [2.05, 4.69) is 5.73 Å². The zero-order valence-electron chi connectivity index (χ0n) is 7.79. The molecule has 0 rings (SSSR count). The standard InChI is InChI=1S/C4H6O5.C2H5NO2.Zn/c5-2(4(8)9)1-3(6)7;3-1-2(4)5;/h2,5H,1H2,(H,6,7)(H,8,9);1,3H2,(H,4,5);. The van der Waals surface area contributed by atoms with Gasteiger partial charge >= 0.3 is 17.9 Å². The Morgan fingerprint density at radius 2 is 1.40 bits per heavy atom. The Labute approximate surface area is 97.5 Å². The molecule has 0 bridgehead atoms. The molecule has 0 saturated carbocycles. The van der Waals surface area contributed by atoms with E-state index in [-0.39, 0.29) is 26.0 Å². The molecule has 8 nitrogen and oxygen atoms in total. The summed E-state index contributed by atoms with van der Waals surface area (Å²) in [7, 11) is 0. The second kappa shape index (κ2) is 11.0. The Kier molecular flexibility index (Phi) is 14.4. The maximum Gasteiger partial charge on any atom is 0.333 e. The van der Waals surface area contributed by atoms with Crippen LogP contribution in [0.25, 0.3) is 0 Å². The molecular weight excluding hydrogens is 263 g/mol. The van der Waals surface area contributed by atoms with Gasteiger partial charge in [-0.05, 0) is 0 Å². The third-order valence-corrected chi connectivity index (χ3v) is 0.828. The molecule has 0 aliphatic carbocycles. The summed E-state index contributed by atoms with van der Waals surface area (Å²) in [5, 5.41) is 31.7. The molecule has 6 N–H and O–H groups in total. The van der Waals surface area contributed by atoms with Crippen molar-refractivity contribution in [2.75, 3.05) is 6.54 Å². The van der Waals surface area contributed by atoms with Gasteiger partial charge in [-0.25, -0.2) is 4.79 Å². The number of aliphatic carboxylic acids is 3. The first-order valence-corrected chi connectivity index (χ1v) is 3.35. The molecule has 1 atom stereocenters. The van der Waals surface area contributed by atoms with Crippen LogP contribution in [0.15, 0.2) is 0 Å². The van der Waals surface area contributed by atoms with Crippen molar-refractivity contribution in [3.8, 4) is 0 Å². The fraction of sp³-hybridized carbons (Fsp3) is 0.500. The van der Waals surface area contributed by atoms with Crippen LogP contribution < -0.4 is 5.73 Å². The predicted molar refractivity (Wildman–Crippen MR) is 42.6 cm³/mol. The van der Waals surface area contributed by atoms with Crippen molar-refractivity contribution in [2.24, 2.45) is 5.73 Å². The fourth-order valence-electron chi connectivity index (χ4n) is 0.253. The van der Waals surface area contributed by atoms with E-state index in [1.165, 1.54) is 0 Å². The second-order valence-corrected chi connectivity index (χ2v) is 2.05. The van der Waals surface area contributed by atoms with Gasteiger partial charge in [0, 0.05) is 19.5 Å². The normalized spacial score (nSPS) is 10.0. The summed E-state index contributed by atoms with van der Waals surface area (Å²) in [6.07, 6.45) is -2.54. The Morgan fingerprint density at radius 3 is 1.47 bits per heavy atom. The maximum atomic E-state index is 9.72. The minimum atomic E-state index is -1.79. The molecule has 0 aliphatic rings. The van der Waals surface area contributed by atoms with Crippen molar-refractivity contribution in [1.29, 1.82) is 0 Å².